The van der Waals surface area contributed by atoms with Crippen LogP contribution in [-0.2, 0) is 4.79 Å². The van der Waals surface area contributed by atoms with E-state index in [4.69, 9.17) is 0 Å². The Hall–Kier alpha value is -2.08. The van der Waals surface area contributed by atoms with Gasteiger partial charge in [-0.3, -0.25) is 15.1 Å². The molecule has 1 aromatic carbocycles. The van der Waals surface area contributed by atoms with Crippen molar-refractivity contribution < 1.29 is 14.7 Å². The molecule has 1 aliphatic heterocycles. The van der Waals surface area contributed by atoms with E-state index in [1.165, 1.54) is 0 Å². The van der Waals surface area contributed by atoms with Gasteiger partial charge in [0, 0.05) is 26.3 Å². The first-order valence-corrected chi connectivity index (χ1v) is 6.08. The summed E-state index contributed by atoms with van der Waals surface area (Å²) in [5.74, 6) is -1.39. The minimum atomic E-state index is -0.847. The number of hydrogen-bond acceptors (Lipinski definition) is 3. The smallest absolute Gasteiger partial charge is 0.336 e. The molecule has 2 amide bonds. The number of urea groups is 1. The molecule has 102 valence electrons. The third kappa shape index (κ3) is 2.68. The molecule has 1 aromatic rings. The summed E-state index contributed by atoms with van der Waals surface area (Å²) >= 11 is 0. The average molecular weight is 263 g/mol. The van der Waals surface area contributed by atoms with Crippen molar-refractivity contribution in [1.82, 2.24) is 10.4 Å². The van der Waals surface area contributed by atoms with Crippen LogP contribution in [0, 0.1) is 0 Å². The Kier molecular flexibility index (Phi) is 3.71. The maximum absolute atomic E-state index is 12.1. The SMILES string of the molecule is CN(C)NC(=O)N1CCC(C(=O)O)c2ccccc21. The van der Waals surface area contributed by atoms with Crippen molar-refractivity contribution in [2.24, 2.45) is 0 Å². The van der Waals surface area contributed by atoms with Gasteiger partial charge in [0.2, 0.25) is 0 Å². The molecule has 0 radical (unpaired) electrons. The number of carboxylic acids is 1. The van der Waals surface area contributed by atoms with Gasteiger partial charge < -0.3 is 5.11 Å². The Bertz CT molecular complexity index is 502. The van der Waals surface area contributed by atoms with Crippen LogP contribution in [0.1, 0.15) is 17.9 Å². The molecule has 2 N–H and O–H groups in total. The van der Waals surface area contributed by atoms with E-state index in [1.807, 2.05) is 0 Å². The van der Waals surface area contributed by atoms with Crippen LogP contribution in [0.25, 0.3) is 0 Å². The molecule has 1 aliphatic rings. The fourth-order valence-corrected chi connectivity index (χ4v) is 2.28. The molecular weight excluding hydrogens is 246 g/mol. The van der Waals surface area contributed by atoms with Crippen LogP contribution >= 0.6 is 0 Å². The fraction of sp³-hybridized carbons (Fsp3) is 0.385. The Balaban J connectivity index is 2.33. The summed E-state index contributed by atoms with van der Waals surface area (Å²) < 4.78 is 0. The molecule has 0 saturated heterocycles. The second-order valence-corrected chi connectivity index (χ2v) is 4.70. The molecule has 1 unspecified atom stereocenters. The standard InChI is InChI=1S/C13H17N3O3/c1-15(2)14-13(19)16-8-7-10(12(17)18)9-5-3-4-6-11(9)16/h3-6,10H,7-8H2,1-2H3,(H,14,19)(H,17,18). The average Bonchev–Trinajstić information content (AvgIpc) is 2.36. The lowest BCUT2D eigenvalue weighted by atomic mass is 9.90. The zero-order chi connectivity index (χ0) is 14.0. The van der Waals surface area contributed by atoms with Crippen LogP contribution < -0.4 is 10.3 Å². The van der Waals surface area contributed by atoms with Gasteiger partial charge in [-0.15, -0.1) is 0 Å². The van der Waals surface area contributed by atoms with Crippen molar-refractivity contribution in [3.8, 4) is 0 Å². The van der Waals surface area contributed by atoms with E-state index in [0.29, 0.717) is 24.2 Å². The quantitative estimate of drug-likeness (QED) is 0.788. The number of amides is 2. The molecule has 0 saturated carbocycles. The fourth-order valence-electron chi connectivity index (χ4n) is 2.28. The lowest BCUT2D eigenvalue weighted by Crippen LogP contribution is -2.48. The van der Waals surface area contributed by atoms with Gasteiger partial charge in [-0.1, -0.05) is 18.2 Å². The number of aliphatic carboxylic acids is 1. The van der Waals surface area contributed by atoms with Crippen molar-refractivity contribution in [3.05, 3.63) is 29.8 Å². The lowest BCUT2D eigenvalue weighted by molar-refractivity contribution is -0.139. The predicted molar refractivity (Wildman–Crippen MR) is 71.0 cm³/mol. The minimum Gasteiger partial charge on any atom is -0.481 e. The normalized spacial score (nSPS) is 18.1. The van der Waals surface area contributed by atoms with E-state index < -0.39 is 11.9 Å². The molecule has 0 fully saturated rings. The van der Waals surface area contributed by atoms with E-state index in [2.05, 4.69) is 5.43 Å². The topological polar surface area (TPSA) is 72.9 Å². The third-order valence-electron chi connectivity index (χ3n) is 3.11. The number of hydrogen-bond donors (Lipinski definition) is 2. The van der Waals surface area contributed by atoms with E-state index in [9.17, 15) is 14.7 Å². The van der Waals surface area contributed by atoms with Gasteiger partial charge >= 0.3 is 12.0 Å². The molecule has 2 rings (SSSR count). The zero-order valence-corrected chi connectivity index (χ0v) is 11.0. The van der Waals surface area contributed by atoms with Gasteiger partial charge in [-0.05, 0) is 18.1 Å². The number of benzene rings is 1. The number of rotatable bonds is 2. The molecule has 6 heteroatoms. The molecule has 0 spiro atoms. The van der Waals surface area contributed by atoms with Gasteiger partial charge in [0.05, 0.1) is 5.92 Å². The molecule has 0 bridgehead atoms. The molecular formula is C13H17N3O3. The highest BCUT2D eigenvalue weighted by atomic mass is 16.4. The van der Waals surface area contributed by atoms with Crippen molar-refractivity contribution >= 4 is 17.7 Å². The molecule has 0 aromatic heterocycles. The Morgan fingerprint density at radius 2 is 2.05 bits per heavy atom. The minimum absolute atomic E-state index is 0.249. The van der Waals surface area contributed by atoms with Crippen molar-refractivity contribution in [3.63, 3.8) is 0 Å². The highest BCUT2D eigenvalue weighted by Crippen LogP contribution is 2.35. The van der Waals surface area contributed by atoms with Gasteiger partial charge in [0.15, 0.2) is 0 Å². The maximum atomic E-state index is 12.1. The van der Waals surface area contributed by atoms with Crippen LogP contribution in [0.5, 0.6) is 0 Å². The van der Waals surface area contributed by atoms with E-state index in [-0.39, 0.29) is 6.03 Å². The second-order valence-electron chi connectivity index (χ2n) is 4.70. The number of nitrogens with zero attached hydrogens (tertiary/aromatic N) is 2. The van der Waals surface area contributed by atoms with Gasteiger partial charge in [0.25, 0.3) is 0 Å². The van der Waals surface area contributed by atoms with Crippen LogP contribution in [0.2, 0.25) is 0 Å². The van der Waals surface area contributed by atoms with Gasteiger partial charge in [0.1, 0.15) is 0 Å². The number of anilines is 1. The lowest BCUT2D eigenvalue weighted by Gasteiger charge is -2.33. The number of carbonyl (C=O) groups excluding carboxylic acids is 1. The summed E-state index contributed by atoms with van der Waals surface area (Å²) in [7, 11) is 3.46. The summed E-state index contributed by atoms with van der Waals surface area (Å²) in [5, 5.41) is 10.8. The molecule has 19 heavy (non-hydrogen) atoms. The number of para-hydroxylation sites is 1. The van der Waals surface area contributed by atoms with Gasteiger partial charge in [-0.25, -0.2) is 9.80 Å². The highest BCUT2D eigenvalue weighted by molar-refractivity contribution is 5.95. The van der Waals surface area contributed by atoms with Gasteiger partial charge in [-0.2, -0.15) is 0 Å². The summed E-state index contributed by atoms with van der Waals surface area (Å²) in [5.41, 5.74) is 4.03. The van der Waals surface area contributed by atoms with Crippen LogP contribution in [-0.4, -0.2) is 42.8 Å². The van der Waals surface area contributed by atoms with E-state index in [0.717, 1.165) is 0 Å². The maximum Gasteiger partial charge on any atom is 0.336 e. The summed E-state index contributed by atoms with van der Waals surface area (Å²) in [6, 6.07) is 6.89. The first-order chi connectivity index (χ1) is 9.00. The summed E-state index contributed by atoms with van der Waals surface area (Å²) in [4.78, 5) is 24.9. The van der Waals surface area contributed by atoms with Crippen molar-refractivity contribution in [2.45, 2.75) is 12.3 Å². The second kappa shape index (κ2) is 5.27. The summed E-state index contributed by atoms with van der Waals surface area (Å²) in [6.45, 7) is 0.396. The van der Waals surface area contributed by atoms with Crippen molar-refractivity contribution in [1.29, 1.82) is 0 Å². The first-order valence-electron chi connectivity index (χ1n) is 6.08. The number of hydrazine groups is 1. The molecule has 1 atom stereocenters. The Labute approximate surface area is 111 Å². The van der Waals surface area contributed by atoms with Crippen LogP contribution in [0.4, 0.5) is 10.5 Å². The zero-order valence-electron chi connectivity index (χ0n) is 11.0. The first kappa shape index (κ1) is 13.4. The predicted octanol–water partition coefficient (Wildman–Crippen LogP) is 1.25. The Morgan fingerprint density at radius 1 is 1.37 bits per heavy atom. The number of carbonyl (C=O) groups is 2. The third-order valence-corrected chi connectivity index (χ3v) is 3.11. The van der Waals surface area contributed by atoms with Crippen LogP contribution in [0.3, 0.4) is 0 Å². The monoisotopic (exact) mass is 263 g/mol. The number of fused-ring (bicyclic) bond motifs is 1. The van der Waals surface area contributed by atoms with Crippen LogP contribution in [0.15, 0.2) is 24.3 Å². The largest absolute Gasteiger partial charge is 0.481 e. The molecule has 0 aliphatic carbocycles. The van der Waals surface area contributed by atoms with E-state index in [1.54, 1.807) is 48.3 Å². The summed E-state index contributed by atoms with van der Waals surface area (Å²) in [6.07, 6.45) is 0.424. The van der Waals surface area contributed by atoms with E-state index >= 15 is 0 Å². The number of nitrogens with one attached hydrogen (secondary N) is 1. The number of carboxylic acid groups (broad SMARTS) is 1. The van der Waals surface area contributed by atoms with Crippen molar-refractivity contribution in [2.75, 3.05) is 25.5 Å². The molecule has 6 nitrogen and oxygen atoms in total. The Morgan fingerprint density at radius 3 is 2.68 bits per heavy atom. The highest BCUT2D eigenvalue weighted by Gasteiger charge is 2.32. The molecule has 1 heterocycles.